The van der Waals surface area contributed by atoms with E-state index in [1.165, 1.54) is 37.7 Å². The van der Waals surface area contributed by atoms with Gasteiger partial charge in [-0.05, 0) is 49.5 Å². The number of nitriles is 1. The highest BCUT2D eigenvalue weighted by molar-refractivity contribution is 5.20. The lowest BCUT2D eigenvalue weighted by Gasteiger charge is -2.38. The fourth-order valence-corrected chi connectivity index (χ4v) is 4.29. The maximum Gasteiger partial charge on any atom is 0.0695 e. The first-order chi connectivity index (χ1) is 8.85. The van der Waals surface area contributed by atoms with Crippen molar-refractivity contribution in [2.75, 3.05) is 0 Å². The summed E-state index contributed by atoms with van der Waals surface area (Å²) in [6.45, 7) is 0. The Kier molecular flexibility index (Phi) is 3.12. The van der Waals surface area contributed by atoms with Crippen LogP contribution in [0.25, 0.3) is 0 Å². The summed E-state index contributed by atoms with van der Waals surface area (Å²) in [5, 5.41) is 9.75. The molecule has 1 aromatic rings. The molecule has 0 saturated heterocycles. The highest BCUT2D eigenvalue weighted by Crippen LogP contribution is 2.56. The van der Waals surface area contributed by atoms with Crippen LogP contribution in [0.4, 0.5) is 0 Å². The van der Waals surface area contributed by atoms with E-state index in [0.29, 0.717) is 11.8 Å². The van der Waals surface area contributed by atoms with E-state index in [4.69, 9.17) is 0 Å². The Morgan fingerprint density at radius 1 is 1.11 bits per heavy atom. The molecule has 2 aliphatic rings. The van der Waals surface area contributed by atoms with Crippen LogP contribution < -0.4 is 0 Å². The van der Waals surface area contributed by atoms with Gasteiger partial charge in [0.15, 0.2) is 0 Å². The zero-order chi connectivity index (χ0) is 12.4. The Labute approximate surface area is 110 Å². The Hall–Kier alpha value is -1.29. The number of nitrogens with zero attached hydrogens (tertiary/aromatic N) is 1. The van der Waals surface area contributed by atoms with E-state index >= 15 is 0 Å². The first-order valence-electron chi connectivity index (χ1n) is 7.30. The minimum Gasteiger partial charge on any atom is -0.198 e. The van der Waals surface area contributed by atoms with Crippen LogP contribution in [0.15, 0.2) is 30.3 Å². The standard InChI is InChI=1S/C17H21N/c18-13-17-11-5-4-8-15(17)9-10-16(17)12-14-6-2-1-3-7-14/h1-3,6-7,15-16H,4-5,8-12H2. The van der Waals surface area contributed by atoms with E-state index < -0.39 is 0 Å². The van der Waals surface area contributed by atoms with Crippen LogP contribution in [0.1, 0.15) is 44.1 Å². The van der Waals surface area contributed by atoms with E-state index in [1.54, 1.807) is 0 Å². The molecule has 2 aliphatic carbocycles. The first kappa shape index (κ1) is 11.8. The van der Waals surface area contributed by atoms with Crippen molar-refractivity contribution < 1.29 is 0 Å². The minimum absolute atomic E-state index is 0.00803. The van der Waals surface area contributed by atoms with Gasteiger partial charge in [0.1, 0.15) is 0 Å². The first-order valence-corrected chi connectivity index (χ1v) is 7.30. The van der Waals surface area contributed by atoms with Crippen LogP contribution in [0.2, 0.25) is 0 Å². The minimum atomic E-state index is 0.00803. The zero-order valence-electron chi connectivity index (χ0n) is 10.9. The van der Waals surface area contributed by atoms with E-state index in [2.05, 4.69) is 36.4 Å². The summed E-state index contributed by atoms with van der Waals surface area (Å²) < 4.78 is 0. The van der Waals surface area contributed by atoms with Crippen LogP contribution in [0.3, 0.4) is 0 Å². The van der Waals surface area contributed by atoms with Gasteiger partial charge in [0, 0.05) is 0 Å². The molecule has 2 saturated carbocycles. The predicted octanol–water partition coefficient (Wildman–Crippen LogP) is 4.34. The smallest absolute Gasteiger partial charge is 0.0695 e. The SMILES string of the molecule is N#CC12CCCCC1CCC2Cc1ccccc1. The zero-order valence-corrected chi connectivity index (χ0v) is 10.9. The molecule has 1 aromatic carbocycles. The van der Waals surface area contributed by atoms with E-state index in [0.717, 1.165) is 12.8 Å². The molecular weight excluding hydrogens is 218 g/mol. The average Bonchev–Trinajstić information content (AvgIpc) is 2.80. The summed E-state index contributed by atoms with van der Waals surface area (Å²) in [5.41, 5.74) is 1.41. The van der Waals surface area contributed by atoms with Gasteiger partial charge in [-0.3, -0.25) is 0 Å². The number of rotatable bonds is 2. The molecule has 94 valence electrons. The molecule has 3 unspecified atom stereocenters. The molecule has 18 heavy (non-hydrogen) atoms. The third kappa shape index (κ3) is 1.85. The largest absolute Gasteiger partial charge is 0.198 e. The Bertz CT molecular complexity index is 444. The molecule has 2 fully saturated rings. The molecule has 0 radical (unpaired) electrons. The molecule has 0 aromatic heterocycles. The van der Waals surface area contributed by atoms with Crippen molar-refractivity contribution in [2.45, 2.75) is 44.9 Å². The number of hydrogen-bond donors (Lipinski definition) is 0. The average molecular weight is 239 g/mol. The third-order valence-electron chi connectivity index (χ3n) is 5.25. The van der Waals surface area contributed by atoms with Gasteiger partial charge in [0.05, 0.1) is 11.5 Å². The van der Waals surface area contributed by atoms with Crippen LogP contribution >= 0.6 is 0 Å². The van der Waals surface area contributed by atoms with Crippen LogP contribution in [0.5, 0.6) is 0 Å². The summed E-state index contributed by atoms with van der Waals surface area (Å²) in [4.78, 5) is 0. The molecule has 0 bridgehead atoms. The van der Waals surface area contributed by atoms with Gasteiger partial charge in [-0.2, -0.15) is 5.26 Å². The van der Waals surface area contributed by atoms with E-state index in [-0.39, 0.29) is 5.41 Å². The monoisotopic (exact) mass is 239 g/mol. The lowest BCUT2D eigenvalue weighted by Crippen LogP contribution is -2.34. The highest BCUT2D eigenvalue weighted by Gasteiger charge is 2.50. The molecule has 0 amide bonds. The molecule has 0 spiro atoms. The maximum absolute atomic E-state index is 9.75. The second-order valence-electron chi connectivity index (χ2n) is 6.06. The van der Waals surface area contributed by atoms with Crippen LogP contribution in [-0.4, -0.2) is 0 Å². The summed E-state index contributed by atoms with van der Waals surface area (Å²) in [6.07, 6.45) is 8.68. The Morgan fingerprint density at radius 2 is 1.94 bits per heavy atom. The molecule has 3 rings (SSSR count). The van der Waals surface area contributed by atoms with Crippen molar-refractivity contribution in [1.82, 2.24) is 0 Å². The van der Waals surface area contributed by atoms with Crippen molar-refractivity contribution >= 4 is 0 Å². The molecule has 0 aliphatic heterocycles. The highest BCUT2D eigenvalue weighted by atomic mass is 14.5. The van der Waals surface area contributed by atoms with Gasteiger partial charge in [-0.1, -0.05) is 43.2 Å². The summed E-state index contributed by atoms with van der Waals surface area (Å²) >= 11 is 0. The van der Waals surface area contributed by atoms with Gasteiger partial charge in [-0.15, -0.1) is 0 Å². The van der Waals surface area contributed by atoms with Crippen molar-refractivity contribution in [1.29, 1.82) is 5.26 Å². The number of benzene rings is 1. The fraction of sp³-hybridized carbons (Fsp3) is 0.588. The van der Waals surface area contributed by atoms with Crippen molar-refractivity contribution in [2.24, 2.45) is 17.3 Å². The van der Waals surface area contributed by atoms with Gasteiger partial charge < -0.3 is 0 Å². The fourth-order valence-electron chi connectivity index (χ4n) is 4.29. The van der Waals surface area contributed by atoms with Crippen molar-refractivity contribution in [3.05, 3.63) is 35.9 Å². The van der Waals surface area contributed by atoms with Crippen LogP contribution in [0, 0.1) is 28.6 Å². The van der Waals surface area contributed by atoms with E-state index in [9.17, 15) is 5.26 Å². The predicted molar refractivity (Wildman–Crippen MR) is 72.9 cm³/mol. The van der Waals surface area contributed by atoms with Crippen molar-refractivity contribution in [3.63, 3.8) is 0 Å². The summed E-state index contributed by atoms with van der Waals surface area (Å²) in [6, 6.07) is 13.5. The third-order valence-corrected chi connectivity index (χ3v) is 5.25. The quantitative estimate of drug-likeness (QED) is 0.753. The molecule has 0 heterocycles. The molecule has 0 N–H and O–H groups in total. The van der Waals surface area contributed by atoms with Gasteiger partial charge in [-0.25, -0.2) is 0 Å². The number of hydrogen-bond acceptors (Lipinski definition) is 1. The van der Waals surface area contributed by atoms with Gasteiger partial charge in [0.2, 0.25) is 0 Å². The van der Waals surface area contributed by atoms with Crippen molar-refractivity contribution in [3.8, 4) is 6.07 Å². The molecule has 3 atom stereocenters. The normalized spacial score (nSPS) is 34.8. The van der Waals surface area contributed by atoms with Gasteiger partial charge in [0.25, 0.3) is 0 Å². The summed E-state index contributed by atoms with van der Waals surface area (Å²) in [5.74, 6) is 1.28. The summed E-state index contributed by atoms with van der Waals surface area (Å²) in [7, 11) is 0. The second-order valence-corrected chi connectivity index (χ2v) is 6.06. The lowest BCUT2D eigenvalue weighted by molar-refractivity contribution is 0.144. The van der Waals surface area contributed by atoms with Gasteiger partial charge >= 0.3 is 0 Å². The molecule has 1 nitrogen and oxygen atoms in total. The maximum atomic E-state index is 9.75. The lowest BCUT2D eigenvalue weighted by atomic mass is 9.64. The molecular formula is C17H21N. The Morgan fingerprint density at radius 3 is 2.72 bits per heavy atom. The van der Waals surface area contributed by atoms with Crippen LogP contribution in [-0.2, 0) is 6.42 Å². The topological polar surface area (TPSA) is 23.8 Å². The molecule has 1 heteroatoms. The Balaban J connectivity index is 1.82. The van der Waals surface area contributed by atoms with E-state index in [1.807, 2.05) is 0 Å². The number of fused-ring (bicyclic) bond motifs is 1. The second kappa shape index (κ2) is 4.76.